The van der Waals surface area contributed by atoms with Gasteiger partial charge in [-0.1, -0.05) is 37.3 Å². The van der Waals surface area contributed by atoms with Crippen molar-refractivity contribution in [3.8, 4) is 11.4 Å². The van der Waals surface area contributed by atoms with Crippen LogP contribution in [-0.4, -0.2) is 31.1 Å². The highest BCUT2D eigenvalue weighted by Crippen LogP contribution is 2.42. The molecule has 0 unspecified atom stereocenters. The number of nitrogen functional groups attached to an aromatic ring is 1. The summed E-state index contributed by atoms with van der Waals surface area (Å²) in [4.78, 5) is 25.9. The number of fused-ring (bicyclic) bond motifs is 4. The molecule has 0 aliphatic heterocycles. The molecule has 140 valence electrons. The van der Waals surface area contributed by atoms with Gasteiger partial charge in [-0.3, -0.25) is 15.2 Å². The molecule has 0 saturated heterocycles. The van der Waals surface area contributed by atoms with Crippen LogP contribution in [0.3, 0.4) is 0 Å². The van der Waals surface area contributed by atoms with Gasteiger partial charge in [0.05, 0.1) is 21.6 Å². The smallest absolute Gasteiger partial charge is 0.278 e. The first-order valence-electron chi connectivity index (χ1n) is 8.80. The number of hydrogen-bond donors (Lipinski definition) is 3. The Labute approximate surface area is 164 Å². The van der Waals surface area contributed by atoms with E-state index in [1.807, 2.05) is 24.3 Å². The number of para-hydroxylation sites is 1. The first kappa shape index (κ1) is 16.8. The van der Waals surface area contributed by atoms with Gasteiger partial charge in [0.25, 0.3) is 5.91 Å². The van der Waals surface area contributed by atoms with Crippen molar-refractivity contribution in [1.82, 2.24) is 25.1 Å². The molecule has 1 amide bonds. The molecule has 4 N–H and O–H groups in total. The number of carbonyl (C=O) groups is 1. The zero-order chi connectivity index (χ0) is 19.5. The van der Waals surface area contributed by atoms with Gasteiger partial charge in [0.15, 0.2) is 10.8 Å². The molecule has 0 saturated carbocycles. The van der Waals surface area contributed by atoms with Crippen LogP contribution < -0.4 is 11.1 Å². The molecule has 1 aliphatic carbocycles. The number of anilines is 2. The summed E-state index contributed by atoms with van der Waals surface area (Å²) in [6.45, 7) is 4.16. The predicted molar refractivity (Wildman–Crippen MR) is 108 cm³/mol. The Bertz CT molecular complexity index is 1210. The fraction of sp³-hybridized carbons (Fsp3) is 0.211. The highest BCUT2D eigenvalue weighted by Gasteiger charge is 2.38. The van der Waals surface area contributed by atoms with E-state index in [-0.39, 0.29) is 17.3 Å². The third-order valence-corrected chi connectivity index (χ3v) is 5.88. The maximum absolute atomic E-state index is 13.0. The summed E-state index contributed by atoms with van der Waals surface area (Å²) in [7, 11) is 0. The standard InChI is InChI=1S/C19H17N7OS/c1-19(2)7-9-8-21-17(20)23-13(9)14-12(19)15(26-25-14)16(27)24-18-22-10-5-3-4-6-11(10)28-18/h3-6,8H,7H2,1-2H3,(H,25,26)(H2,20,21,23)(H,22,24,27). The Hall–Kier alpha value is -3.33. The third-order valence-electron chi connectivity index (χ3n) is 4.92. The van der Waals surface area contributed by atoms with E-state index in [0.717, 1.165) is 27.0 Å². The monoisotopic (exact) mass is 391 g/mol. The second-order valence-corrected chi connectivity index (χ2v) is 8.46. The van der Waals surface area contributed by atoms with E-state index in [1.165, 1.54) is 11.3 Å². The summed E-state index contributed by atoms with van der Waals surface area (Å²) in [5, 5.41) is 10.7. The number of thiazole rings is 1. The third kappa shape index (κ3) is 2.55. The van der Waals surface area contributed by atoms with Crippen molar-refractivity contribution in [3.63, 3.8) is 0 Å². The number of nitrogens with two attached hydrogens (primary N) is 1. The van der Waals surface area contributed by atoms with E-state index in [9.17, 15) is 4.79 Å². The van der Waals surface area contributed by atoms with Gasteiger partial charge in [-0.2, -0.15) is 5.10 Å². The minimum Gasteiger partial charge on any atom is -0.368 e. The summed E-state index contributed by atoms with van der Waals surface area (Å²) in [5.74, 6) is -0.102. The molecule has 0 spiro atoms. The minimum absolute atomic E-state index is 0.194. The maximum atomic E-state index is 13.0. The quantitative estimate of drug-likeness (QED) is 0.482. The molecular formula is C19H17N7OS. The molecular weight excluding hydrogens is 374 g/mol. The van der Waals surface area contributed by atoms with E-state index in [4.69, 9.17) is 5.73 Å². The number of carbonyl (C=O) groups excluding carboxylic acids is 1. The number of nitrogens with one attached hydrogen (secondary N) is 2. The van der Waals surface area contributed by atoms with Gasteiger partial charge in [0, 0.05) is 11.8 Å². The number of H-pyrrole nitrogens is 1. The second-order valence-electron chi connectivity index (χ2n) is 7.43. The van der Waals surface area contributed by atoms with E-state index in [2.05, 4.69) is 44.3 Å². The molecule has 1 aliphatic rings. The molecule has 5 rings (SSSR count). The van der Waals surface area contributed by atoms with Crippen LogP contribution in [0.15, 0.2) is 30.5 Å². The number of rotatable bonds is 2. The maximum Gasteiger partial charge on any atom is 0.278 e. The average Bonchev–Trinajstić information content (AvgIpc) is 3.26. The van der Waals surface area contributed by atoms with E-state index in [0.29, 0.717) is 22.9 Å². The lowest BCUT2D eigenvalue weighted by molar-refractivity contribution is 0.102. The molecule has 0 radical (unpaired) electrons. The topological polar surface area (TPSA) is 122 Å². The van der Waals surface area contributed by atoms with Crippen LogP contribution in [0.4, 0.5) is 11.1 Å². The summed E-state index contributed by atoms with van der Waals surface area (Å²) in [5.41, 5.74) is 9.89. The Balaban J connectivity index is 1.56. The van der Waals surface area contributed by atoms with Crippen LogP contribution >= 0.6 is 11.3 Å². The summed E-state index contributed by atoms with van der Waals surface area (Å²) < 4.78 is 1.02. The van der Waals surface area contributed by atoms with E-state index < -0.39 is 0 Å². The Morgan fingerprint density at radius 2 is 2.11 bits per heavy atom. The second kappa shape index (κ2) is 5.83. The molecule has 0 fully saturated rings. The molecule has 8 nitrogen and oxygen atoms in total. The fourth-order valence-electron chi connectivity index (χ4n) is 3.75. The zero-order valence-electron chi connectivity index (χ0n) is 15.3. The number of nitrogens with zero attached hydrogens (tertiary/aromatic N) is 4. The normalized spacial score (nSPS) is 14.5. The Morgan fingerprint density at radius 1 is 1.29 bits per heavy atom. The number of aromatic nitrogens is 5. The lowest BCUT2D eigenvalue weighted by Gasteiger charge is -2.31. The predicted octanol–water partition coefficient (Wildman–Crippen LogP) is 3.14. The van der Waals surface area contributed by atoms with Gasteiger partial charge in [0.2, 0.25) is 5.95 Å². The number of aromatic amines is 1. The average molecular weight is 391 g/mol. The Kier molecular flexibility index (Phi) is 3.50. The molecule has 28 heavy (non-hydrogen) atoms. The van der Waals surface area contributed by atoms with Gasteiger partial charge in [0.1, 0.15) is 0 Å². The lowest BCUT2D eigenvalue weighted by atomic mass is 9.73. The van der Waals surface area contributed by atoms with Gasteiger partial charge in [-0.25, -0.2) is 15.0 Å². The lowest BCUT2D eigenvalue weighted by Crippen LogP contribution is -2.29. The molecule has 9 heteroatoms. The number of benzene rings is 1. The highest BCUT2D eigenvalue weighted by molar-refractivity contribution is 7.22. The first-order chi connectivity index (χ1) is 13.4. The molecule has 3 aromatic heterocycles. The van der Waals surface area contributed by atoms with Crippen LogP contribution in [0.1, 0.15) is 35.5 Å². The van der Waals surface area contributed by atoms with Crippen LogP contribution in [0, 0.1) is 0 Å². The van der Waals surface area contributed by atoms with Crippen molar-refractivity contribution in [2.45, 2.75) is 25.7 Å². The van der Waals surface area contributed by atoms with Crippen LogP contribution in [0.25, 0.3) is 21.6 Å². The molecule has 0 bridgehead atoms. The van der Waals surface area contributed by atoms with Gasteiger partial charge in [-0.15, -0.1) is 0 Å². The van der Waals surface area contributed by atoms with E-state index in [1.54, 1.807) is 6.20 Å². The van der Waals surface area contributed by atoms with Crippen molar-refractivity contribution in [3.05, 3.63) is 47.3 Å². The van der Waals surface area contributed by atoms with Crippen molar-refractivity contribution in [1.29, 1.82) is 0 Å². The van der Waals surface area contributed by atoms with Crippen LogP contribution in [0.2, 0.25) is 0 Å². The van der Waals surface area contributed by atoms with Crippen LogP contribution in [-0.2, 0) is 11.8 Å². The number of hydrogen-bond acceptors (Lipinski definition) is 7. The summed E-state index contributed by atoms with van der Waals surface area (Å²) >= 11 is 1.43. The molecule has 0 atom stereocenters. The van der Waals surface area contributed by atoms with E-state index >= 15 is 0 Å². The van der Waals surface area contributed by atoms with Gasteiger partial charge >= 0.3 is 0 Å². The fourth-order valence-corrected chi connectivity index (χ4v) is 4.61. The van der Waals surface area contributed by atoms with Crippen molar-refractivity contribution < 1.29 is 4.79 Å². The largest absolute Gasteiger partial charge is 0.368 e. The number of amides is 1. The van der Waals surface area contributed by atoms with Gasteiger partial charge < -0.3 is 5.73 Å². The molecule has 4 aromatic rings. The summed E-state index contributed by atoms with van der Waals surface area (Å²) in [6.07, 6.45) is 2.43. The highest BCUT2D eigenvalue weighted by atomic mass is 32.1. The minimum atomic E-state index is -0.310. The summed E-state index contributed by atoms with van der Waals surface area (Å²) in [6, 6.07) is 7.76. The van der Waals surface area contributed by atoms with Crippen molar-refractivity contribution in [2.75, 3.05) is 11.1 Å². The van der Waals surface area contributed by atoms with Crippen LogP contribution in [0.5, 0.6) is 0 Å². The first-order valence-corrected chi connectivity index (χ1v) is 9.61. The van der Waals surface area contributed by atoms with Crippen molar-refractivity contribution in [2.24, 2.45) is 0 Å². The Morgan fingerprint density at radius 3 is 2.93 bits per heavy atom. The van der Waals surface area contributed by atoms with Gasteiger partial charge in [-0.05, 0) is 29.5 Å². The SMILES string of the molecule is CC1(C)Cc2cnc(N)nc2-c2[nH]nc(C(=O)Nc3nc4ccccc4s3)c21. The zero-order valence-corrected chi connectivity index (χ0v) is 16.1. The molecule has 3 heterocycles. The van der Waals surface area contributed by atoms with Crippen molar-refractivity contribution >= 4 is 38.5 Å². The molecule has 1 aromatic carbocycles.